The molecule has 102 valence electrons. The summed E-state index contributed by atoms with van der Waals surface area (Å²) in [5.74, 6) is -0.361. The van der Waals surface area contributed by atoms with Crippen LogP contribution in [0.3, 0.4) is 0 Å². The zero-order valence-corrected chi connectivity index (χ0v) is 11.6. The summed E-state index contributed by atoms with van der Waals surface area (Å²) in [5.41, 5.74) is 0.767. The zero-order chi connectivity index (χ0) is 13.8. The smallest absolute Gasteiger partial charge is 0.145 e. The predicted molar refractivity (Wildman–Crippen MR) is 73.1 cm³/mol. The molecule has 0 N–H and O–H groups in total. The second kappa shape index (κ2) is 6.14. The third-order valence-corrected chi connectivity index (χ3v) is 3.88. The van der Waals surface area contributed by atoms with E-state index in [1.165, 1.54) is 6.07 Å². The Bertz CT molecular complexity index is 471. The summed E-state index contributed by atoms with van der Waals surface area (Å²) in [7, 11) is 4.22. The van der Waals surface area contributed by atoms with Gasteiger partial charge >= 0.3 is 0 Å². The largest absolute Gasteiger partial charge is 0.306 e. The van der Waals surface area contributed by atoms with E-state index in [2.05, 4.69) is 23.9 Å². The van der Waals surface area contributed by atoms with Crippen LogP contribution >= 0.6 is 0 Å². The van der Waals surface area contributed by atoms with Gasteiger partial charge in [0.25, 0.3) is 0 Å². The second-order valence-corrected chi connectivity index (χ2v) is 5.36. The number of rotatable bonds is 3. The molecule has 2 rings (SSSR count). The fraction of sp³-hybridized carbons (Fsp3) is 0.533. The Hall–Kier alpha value is -1.44. The van der Waals surface area contributed by atoms with Gasteiger partial charge in [0, 0.05) is 18.2 Å². The first-order valence-corrected chi connectivity index (χ1v) is 6.68. The topological polar surface area (TPSA) is 30.3 Å². The van der Waals surface area contributed by atoms with E-state index in [-0.39, 0.29) is 11.4 Å². The van der Waals surface area contributed by atoms with Crippen LogP contribution in [-0.4, -0.2) is 43.0 Å². The molecule has 1 aliphatic heterocycles. The maximum atomic E-state index is 14.0. The predicted octanol–water partition coefficient (Wildman–Crippen LogP) is 2.22. The molecule has 0 atom stereocenters. The third kappa shape index (κ3) is 3.31. The molecule has 0 aromatic heterocycles. The number of benzene rings is 1. The van der Waals surface area contributed by atoms with Gasteiger partial charge in [-0.15, -0.1) is 0 Å². The van der Waals surface area contributed by atoms with Crippen molar-refractivity contribution in [2.45, 2.75) is 25.4 Å². The average molecular weight is 261 g/mol. The van der Waals surface area contributed by atoms with Gasteiger partial charge in [0.05, 0.1) is 5.56 Å². The molecule has 0 spiro atoms. The molecule has 1 fully saturated rings. The molecule has 1 heterocycles. The SMILES string of the molecule is CN(C)C1CCN(Cc2cccc(C#N)c2F)CC1. The van der Waals surface area contributed by atoms with Crippen molar-refractivity contribution in [2.75, 3.05) is 27.2 Å². The minimum absolute atomic E-state index is 0.140. The number of halogens is 1. The second-order valence-electron chi connectivity index (χ2n) is 5.36. The minimum atomic E-state index is -0.361. The van der Waals surface area contributed by atoms with Crippen LogP contribution in [0.2, 0.25) is 0 Å². The van der Waals surface area contributed by atoms with Gasteiger partial charge in [0.1, 0.15) is 11.9 Å². The van der Waals surface area contributed by atoms with Crippen molar-refractivity contribution in [3.63, 3.8) is 0 Å². The number of hydrogen-bond acceptors (Lipinski definition) is 3. The molecule has 0 unspecified atom stereocenters. The van der Waals surface area contributed by atoms with Crippen molar-refractivity contribution >= 4 is 0 Å². The van der Waals surface area contributed by atoms with Crippen LogP contribution in [0.5, 0.6) is 0 Å². The van der Waals surface area contributed by atoms with Crippen molar-refractivity contribution < 1.29 is 4.39 Å². The first-order valence-electron chi connectivity index (χ1n) is 6.68. The lowest BCUT2D eigenvalue weighted by Gasteiger charge is -2.35. The Kier molecular flexibility index (Phi) is 4.52. The Morgan fingerprint density at radius 3 is 2.63 bits per heavy atom. The maximum absolute atomic E-state index is 14.0. The summed E-state index contributed by atoms with van der Waals surface area (Å²) < 4.78 is 14.0. The van der Waals surface area contributed by atoms with E-state index in [1.54, 1.807) is 12.1 Å². The molecule has 1 aliphatic rings. The van der Waals surface area contributed by atoms with Crippen LogP contribution in [0, 0.1) is 17.1 Å². The molecule has 0 amide bonds. The van der Waals surface area contributed by atoms with Crippen molar-refractivity contribution in [1.82, 2.24) is 9.80 Å². The van der Waals surface area contributed by atoms with E-state index in [0.29, 0.717) is 18.2 Å². The Labute approximate surface area is 114 Å². The first kappa shape index (κ1) is 14.0. The van der Waals surface area contributed by atoms with Gasteiger partial charge < -0.3 is 4.90 Å². The van der Waals surface area contributed by atoms with Crippen LogP contribution < -0.4 is 0 Å². The van der Waals surface area contributed by atoms with Gasteiger partial charge in [-0.2, -0.15) is 5.26 Å². The van der Waals surface area contributed by atoms with Crippen molar-refractivity contribution in [3.8, 4) is 6.07 Å². The maximum Gasteiger partial charge on any atom is 0.145 e. The standard InChI is InChI=1S/C15H20FN3/c1-18(2)14-6-8-19(9-7-14)11-13-5-3-4-12(10-17)15(13)16/h3-5,14H,6-9,11H2,1-2H3. The Morgan fingerprint density at radius 2 is 2.05 bits per heavy atom. The first-order chi connectivity index (χ1) is 9.11. The monoisotopic (exact) mass is 261 g/mol. The highest BCUT2D eigenvalue weighted by Crippen LogP contribution is 2.19. The normalized spacial score (nSPS) is 17.6. The number of likely N-dealkylation sites (tertiary alicyclic amines) is 1. The molecule has 1 saturated heterocycles. The summed E-state index contributed by atoms with van der Waals surface area (Å²) >= 11 is 0. The highest BCUT2D eigenvalue weighted by Gasteiger charge is 2.21. The molecule has 0 aliphatic carbocycles. The van der Waals surface area contributed by atoms with Gasteiger partial charge in [-0.3, -0.25) is 4.90 Å². The Balaban J connectivity index is 1.98. The van der Waals surface area contributed by atoms with Gasteiger partial charge in [-0.25, -0.2) is 4.39 Å². The van der Waals surface area contributed by atoms with E-state index in [4.69, 9.17) is 5.26 Å². The minimum Gasteiger partial charge on any atom is -0.306 e. The Morgan fingerprint density at radius 1 is 1.37 bits per heavy atom. The molecule has 0 radical (unpaired) electrons. The molecule has 0 bridgehead atoms. The lowest BCUT2D eigenvalue weighted by molar-refractivity contribution is 0.139. The van der Waals surface area contributed by atoms with E-state index in [1.807, 2.05) is 6.07 Å². The van der Waals surface area contributed by atoms with E-state index in [0.717, 1.165) is 25.9 Å². The van der Waals surface area contributed by atoms with E-state index >= 15 is 0 Å². The van der Waals surface area contributed by atoms with Crippen LogP contribution in [0.4, 0.5) is 4.39 Å². The lowest BCUT2D eigenvalue weighted by Crippen LogP contribution is -2.41. The summed E-state index contributed by atoms with van der Waals surface area (Å²) in [4.78, 5) is 4.52. The highest BCUT2D eigenvalue weighted by atomic mass is 19.1. The van der Waals surface area contributed by atoms with E-state index in [9.17, 15) is 4.39 Å². The van der Waals surface area contributed by atoms with Crippen LogP contribution in [0.25, 0.3) is 0 Å². The molecule has 3 nitrogen and oxygen atoms in total. The van der Waals surface area contributed by atoms with Crippen LogP contribution in [0.15, 0.2) is 18.2 Å². The van der Waals surface area contributed by atoms with Crippen LogP contribution in [-0.2, 0) is 6.54 Å². The summed E-state index contributed by atoms with van der Waals surface area (Å²) in [6.45, 7) is 2.57. The molecule has 19 heavy (non-hydrogen) atoms. The highest BCUT2D eigenvalue weighted by molar-refractivity contribution is 5.34. The third-order valence-electron chi connectivity index (χ3n) is 3.88. The fourth-order valence-electron chi connectivity index (χ4n) is 2.62. The van der Waals surface area contributed by atoms with Gasteiger partial charge in [0.2, 0.25) is 0 Å². The lowest BCUT2D eigenvalue weighted by atomic mass is 10.0. The summed E-state index contributed by atoms with van der Waals surface area (Å²) in [6, 6.07) is 7.58. The van der Waals surface area contributed by atoms with Gasteiger partial charge in [-0.1, -0.05) is 12.1 Å². The van der Waals surface area contributed by atoms with Gasteiger partial charge in [0.15, 0.2) is 0 Å². The molecule has 1 aromatic rings. The van der Waals surface area contributed by atoms with Crippen molar-refractivity contribution in [1.29, 1.82) is 5.26 Å². The average Bonchev–Trinajstić information content (AvgIpc) is 2.42. The number of hydrogen-bond donors (Lipinski definition) is 0. The molecular weight excluding hydrogens is 241 g/mol. The molecular formula is C15H20FN3. The molecule has 1 aromatic carbocycles. The summed E-state index contributed by atoms with van der Waals surface area (Å²) in [5, 5.41) is 8.84. The zero-order valence-electron chi connectivity index (χ0n) is 11.6. The fourth-order valence-corrected chi connectivity index (χ4v) is 2.62. The number of nitriles is 1. The van der Waals surface area contributed by atoms with Crippen molar-refractivity contribution in [3.05, 3.63) is 35.1 Å². The molecule has 0 saturated carbocycles. The summed E-state index contributed by atoms with van der Waals surface area (Å²) in [6.07, 6.45) is 2.24. The van der Waals surface area contributed by atoms with Gasteiger partial charge in [-0.05, 0) is 46.1 Å². The molecule has 4 heteroatoms. The number of nitrogens with zero attached hydrogens (tertiary/aromatic N) is 3. The van der Waals surface area contributed by atoms with Crippen LogP contribution in [0.1, 0.15) is 24.0 Å². The van der Waals surface area contributed by atoms with E-state index < -0.39 is 0 Å². The van der Waals surface area contributed by atoms with Crippen molar-refractivity contribution in [2.24, 2.45) is 0 Å². The number of piperidine rings is 1. The quantitative estimate of drug-likeness (QED) is 0.836.